The number of piperidine rings is 1. The van der Waals surface area contributed by atoms with Crippen molar-refractivity contribution < 1.29 is 14.3 Å². The second-order valence-electron chi connectivity index (χ2n) is 9.04. The molecule has 4 heterocycles. The second kappa shape index (κ2) is 8.96. The summed E-state index contributed by atoms with van der Waals surface area (Å²) in [7, 11) is 0. The molecule has 1 aromatic heterocycles. The highest BCUT2D eigenvalue weighted by Gasteiger charge is 2.41. The highest BCUT2D eigenvalue weighted by atomic mass is 35.5. The van der Waals surface area contributed by atoms with Crippen molar-refractivity contribution in [3.05, 3.63) is 58.5 Å². The van der Waals surface area contributed by atoms with Gasteiger partial charge >= 0.3 is 0 Å². The predicted molar refractivity (Wildman–Crippen MR) is 121 cm³/mol. The Labute approximate surface area is 192 Å². The van der Waals surface area contributed by atoms with Gasteiger partial charge in [-0.05, 0) is 50.6 Å². The van der Waals surface area contributed by atoms with Crippen molar-refractivity contribution in [2.24, 2.45) is 0 Å². The van der Waals surface area contributed by atoms with Crippen molar-refractivity contribution >= 4 is 23.3 Å². The molecule has 0 bridgehead atoms. The molecular formula is C24H28ClFN4O2. The average Bonchev–Trinajstić information content (AvgIpc) is 3.09. The van der Waals surface area contributed by atoms with Crippen LogP contribution in [0.3, 0.4) is 0 Å². The van der Waals surface area contributed by atoms with Crippen LogP contribution >= 0.6 is 11.6 Å². The number of aliphatic hydroxyl groups excluding tert-OH is 1. The van der Waals surface area contributed by atoms with Gasteiger partial charge < -0.3 is 14.9 Å². The molecule has 2 saturated heterocycles. The van der Waals surface area contributed by atoms with Crippen molar-refractivity contribution in [3.8, 4) is 0 Å². The Hall–Kier alpha value is -2.22. The van der Waals surface area contributed by atoms with E-state index in [1.165, 1.54) is 6.07 Å². The molecule has 5 rings (SSSR count). The predicted octanol–water partition coefficient (Wildman–Crippen LogP) is 3.38. The normalized spacial score (nSPS) is 24.6. The lowest BCUT2D eigenvalue weighted by Gasteiger charge is -2.37. The van der Waals surface area contributed by atoms with Crippen LogP contribution in [0.15, 0.2) is 36.5 Å². The molecule has 0 spiro atoms. The fourth-order valence-electron chi connectivity index (χ4n) is 5.41. The third-order valence-electron chi connectivity index (χ3n) is 6.90. The molecule has 1 amide bonds. The van der Waals surface area contributed by atoms with Crippen molar-refractivity contribution in [3.63, 3.8) is 0 Å². The van der Waals surface area contributed by atoms with E-state index in [0.29, 0.717) is 26.1 Å². The SMILES string of the molecule is O=C(C(c1c(F)cccc1Cl)N1CCCCC1)N1Cc2cccnc2N2C[C@H](O)C[C@@H]2C1. The number of carbonyl (C=O) groups excluding carboxylic acids is 1. The minimum absolute atomic E-state index is 0.0248. The summed E-state index contributed by atoms with van der Waals surface area (Å²) in [5.41, 5.74) is 1.20. The van der Waals surface area contributed by atoms with Gasteiger partial charge in [0.05, 0.1) is 12.1 Å². The number of amides is 1. The van der Waals surface area contributed by atoms with Crippen molar-refractivity contribution in [1.82, 2.24) is 14.8 Å². The van der Waals surface area contributed by atoms with Gasteiger partial charge in [-0.15, -0.1) is 0 Å². The monoisotopic (exact) mass is 458 g/mol. The molecule has 3 aliphatic heterocycles. The summed E-state index contributed by atoms with van der Waals surface area (Å²) in [5, 5.41) is 10.6. The number of hydrogen-bond acceptors (Lipinski definition) is 5. The zero-order chi connectivity index (χ0) is 22.2. The first-order chi connectivity index (χ1) is 15.5. The zero-order valence-electron chi connectivity index (χ0n) is 18.0. The maximum atomic E-state index is 15.0. The number of likely N-dealkylation sites (tertiary alicyclic amines) is 1. The summed E-state index contributed by atoms with van der Waals surface area (Å²) >= 11 is 6.46. The van der Waals surface area contributed by atoms with Gasteiger partial charge in [0, 0.05) is 42.0 Å². The number of nitrogens with zero attached hydrogens (tertiary/aromatic N) is 4. The molecule has 0 aliphatic carbocycles. The van der Waals surface area contributed by atoms with Crippen LogP contribution in [0, 0.1) is 5.82 Å². The summed E-state index contributed by atoms with van der Waals surface area (Å²) in [5.74, 6) is 0.232. The van der Waals surface area contributed by atoms with Crippen LogP contribution in [0.25, 0.3) is 0 Å². The molecule has 2 aromatic rings. The molecule has 170 valence electrons. The highest BCUT2D eigenvalue weighted by Crippen LogP contribution is 2.37. The van der Waals surface area contributed by atoms with E-state index in [4.69, 9.17) is 11.6 Å². The number of carbonyl (C=O) groups is 1. The van der Waals surface area contributed by atoms with Gasteiger partial charge in [-0.25, -0.2) is 9.37 Å². The maximum absolute atomic E-state index is 15.0. The fourth-order valence-corrected chi connectivity index (χ4v) is 5.68. The summed E-state index contributed by atoms with van der Waals surface area (Å²) < 4.78 is 15.0. The van der Waals surface area contributed by atoms with Gasteiger partial charge in [-0.3, -0.25) is 9.69 Å². The molecule has 6 nitrogen and oxygen atoms in total. The highest BCUT2D eigenvalue weighted by molar-refractivity contribution is 6.31. The standard InChI is InChI=1S/C24H28ClFN4O2/c25-19-7-4-8-20(26)21(19)22(28-10-2-1-3-11-28)24(32)29-13-16-6-5-9-27-23(16)30-15-18(31)12-17(30)14-29/h4-9,17-18,22,31H,1-3,10-15H2/t17-,18-,22?/m1/s1. The minimum Gasteiger partial charge on any atom is -0.391 e. The van der Waals surface area contributed by atoms with E-state index in [1.54, 1.807) is 18.3 Å². The molecule has 1 aromatic carbocycles. The number of aliphatic hydroxyl groups is 1. The summed E-state index contributed by atoms with van der Waals surface area (Å²) in [6.07, 6.45) is 4.93. The van der Waals surface area contributed by atoms with Crippen molar-refractivity contribution in [1.29, 1.82) is 0 Å². The Balaban J connectivity index is 1.53. The number of halogens is 2. The second-order valence-corrected chi connectivity index (χ2v) is 9.44. The molecule has 8 heteroatoms. The third-order valence-corrected chi connectivity index (χ3v) is 7.23. The lowest BCUT2D eigenvalue weighted by Crippen LogP contribution is -2.47. The van der Waals surface area contributed by atoms with Gasteiger partial charge in [0.15, 0.2) is 0 Å². The van der Waals surface area contributed by atoms with Crippen LogP contribution in [-0.4, -0.2) is 64.1 Å². The number of hydrogen-bond donors (Lipinski definition) is 1. The summed E-state index contributed by atoms with van der Waals surface area (Å²) in [4.78, 5) is 24.6. The van der Waals surface area contributed by atoms with E-state index in [-0.39, 0.29) is 22.5 Å². The lowest BCUT2D eigenvalue weighted by atomic mass is 9.99. The van der Waals surface area contributed by atoms with Gasteiger partial charge in [0.2, 0.25) is 5.91 Å². The Morgan fingerprint density at radius 2 is 1.97 bits per heavy atom. The molecule has 3 aliphatic rings. The zero-order valence-corrected chi connectivity index (χ0v) is 18.7. The first-order valence-corrected chi connectivity index (χ1v) is 11.8. The van der Waals surface area contributed by atoms with E-state index >= 15 is 4.39 Å². The third kappa shape index (κ3) is 3.98. The minimum atomic E-state index is -0.762. The van der Waals surface area contributed by atoms with E-state index in [2.05, 4.69) is 14.8 Å². The van der Waals surface area contributed by atoms with E-state index < -0.39 is 18.0 Å². The van der Waals surface area contributed by atoms with Gasteiger partial charge in [-0.2, -0.15) is 0 Å². The molecular weight excluding hydrogens is 431 g/mol. The Bertz CT molecular complexity index is 979. The van der Waals surface area contributed by atoms with Gasteiger partial charge in [-0.1, -0.05) is 30.2 Å². The molecule has 0 radical (unpaired) electrons. The smallest absolute Gasteiger partial charge is 0.245 e. The van der Waals surface area contributed by atoms with E-state index in [1.807, 2.05) is 17.0 Å². The Morgan fingerprint density at radius 1 is 1.16 bits per heavy atom. The largest absolute Gasteiger partial charge is 0.391 e. The first-order valence-electron chi connectivity index (χ1n) is 11.4. The van der Waals surface area contributed by atoms with Crippen molar-refractivity contribution in [2.75, 3.05) is 31.1 Å². The Kier molecular flexibility index (Phi) is 6.05. The Morgan fingerprint density at radius 3 is 2.75 bits per heavy atom. The van der Waals surface area contributed by atoms with Crippen LogP contribution in [0.1, 0.15) is 42.9 Å². The number of pyridine rings is 1. The van der Waals surface area contributed by atoms with Crippen LogP contribution in [0.5, 0.6) is 0 Å². The topological polar surface area (TPSA) is 59.9 Å². The quantitative estimate of drug-likeness (QED) is 0.764. The molecule has 1 unspecified atom stereocenters. The molecule has 0 saturated carbocycles. The number of fused-ring (bicyclic) bond motifs is 3. The number of benzene rings is 1. The van der Waals surface area contributed by atoms with Gasteiger partial charge in [0.1, 0.15) is 17.7 Å². The van der Waals surface area contributed by atoms with Crippen LogP contribution in [-0.2, 0) is 11.3 Å². The number of anilines is 1. The molecule has 2 fully saturated rings. The number of rotatable bonds is 3. The van der Waals surface area contributed by atoms with Crippen LogP contribution in [0.4, 0.5) is 10.2 Å². The van der Waals surface area contributed by atoms with Crippen LogP contribution in [0.2, 0.25) is 5.02 Å². The van der Waals surface area contributed by atoms with E-state index in [0.717, 1.165) is 43.7 Å². The maximum Gasteiger partial charge on any atom is 0.245 e. The van der Waals surface area contributed by atoms with Gasteiger partial charge in [0.25, 0.3) is 0 Å². The first kappa shape index (κ1) is 21.6. The summed E-state index contributed by atoms with van der Waals surface area (Å²) in [6.45, 7) is 2.85. The molecule has 3 atom stereocenters. The van der Waals surface area contributed by atoms with Crippen molar-refractivity contribution in [2.45, 2.75) is 50.4 Å². The molecule has 1 N–H and O–H groups in total. The lowest BCUT2D eigenvalue weighted by molar-refractivity contribution is -0.138. The average molecular weight is 459 g/mol. The fraction of sp³-hybridized carbons (Fsp3) is 0.500. The van der Waals surface area contributed by atoms with E-state index in [9.17, 15) is 9.90 Å². The number of aromatic nitrogens is 1. The summed E-state index contributed by atoms with van der Waals surface area (Å²) in [6, 6.07) is 7.66. The molecule has 32 heavy (non-hydrogen) atoms. The van der Waals surface area contributed by atoms with Crippen LogP contribution < -0.4 is 4.90 Å².